The Balaban J connectivity index is 1.45. The quantitative estimate of drug-likeness (QED) is 0.586. The zero-order chi connectivity index (χ0) is 20.3. The Labute approximate surface area is 166 Å². The molecule has 0 bridgehead atoms. The molecule has 1 fully saturated rings. The molecule has 29 heavy (non-hydrogen) atoms. The maximum absolute atomic E-state index is 12.9. The van der Waals surface area contributed by atoms with Gasteiger partial charge in [-0.15, -0.1) is 0 Å². The molecular weight excluding hydrogens is 379 g/mol. The maximum Gasteiger partial charge on any atom is 0.416 e. The van der Waals surface area contributed by atoms with E-state index in [9.17, 15) is 13.2 Å². The summed E-state index contributed by atoms with van der Waals surface area (Å²) in [5.74, 6) is 0.756. The first-order valence-electron chi connectivity index (χ1n) is 9.37. The van der Waals surface area contributed by atoms with E-state index in [4.69, 9.17) is 0 Å². The van der Waals surface area contributed by atoms with Crippen molar-refractivity contribution >= 4 is 28.8 Å². The molecule has 0 radical (unpaired) electrons. The molecular formula is C21H20F3N5. The lowest BCUT2D eigenvalue weighted by Crippen LogP contribution is -2.17. The van der Waals surface area contributed by atoms with Crippen LogP contribution in [0.1, 0.15) is 18.4 Å². The molecule has 8 heteroatoms. The zero-order valence-electron chi connectivity index (χ0n) is 15.6. The van der Waals surface area contributed by atoms with Crippen LogP contribution >= 0.6 is 0 Å². The monoisotopic (exact) mass is 399 g/mol. The van der Waals surface area contributed by atoms with E-state index in [-0.39, 0.29) is 11.6 Å². The third-order valence-corrected chi connectivity index (χ3v) is 4.71. The molecule has 0 amide bonds. The van der Waals surface area contributed by atoms with Crippen LogP contribution in [0.5, 0.6) is 0 Å². The summed E-state index contributed by atoms with van der Waals surface area (Å²) >= 11 is 0. The van der Waals surface area contributed by atoms with Crippen molar-refractivity contribution in [1.82, 2.24) is 9.97 Å². The molecule has 1 saturated heterocycles. The van der Waals surface area contributed by atoms with Crippen LogP contribution in [0.2, 0.25) is 0 Å². The van der Waals surface area contributed by atoms with Crippen molar-refractivity contribution in [3.8, 4) is 0 Å². The fourth-order valence-electron chi connectivity index (χ4n) is 3.27. The lowest BCUT2D eigenvalue weighted by molar-refractivity contribution is -0.137. The van der Waals surface area contributed by atoms with E-state index < -0.39 is 11.7 Å². The van der Waals surface area contributed by atoms with Crippen LogP contribution < -0.4 is 15.5 Å². The minimum Gasteiger partial charge on any atom is -0.372 e. The molecule has 0 saturated carbocycles. The van der Waals surface area contributed by atoms with Gasteiger partial charge in [0, 0.05) is 36.3 Å². The number of hydrogen-bond acceptors (Lipinski definition) is 5. The summed E-state index contributed by atoms with van der Waals surface area (Å²) < 4.78 is 38.6. The Morgan fingerprint density at radius 3 is 2.34 bits per heavy atom. The molecule has 150 valence electrons. The summed E-state index contributed by atoms with van der Waals surface area (Å²) in [6, 6.07) is 14.7. The van der Waals surface area contributed by atoms with Crippen LogP contribution in [0.3, 0.4) is 0 Å². The van der Waals surface area contributed by atoms with E-state index in [0.29, 0.717) is 5.82 Å². The molecule has 5 nitrogen and oxygen atoms in total. The number of hydrogen-bond donors (Lipinski definition) is 2. The van der Waals surface area contributed by atoms with Crippen molar-refractivity contribution in [3.05, 3.63) is 66.4 Å². The van der Waals surface area contributed by atoms with Gasteiger partial charge in [0.2, 0.25) is 5.95 Å². The minimum atomic E-state index is -4.40. The second-order valence-electron chi connectivity index (χ2n) is 6.84. The van der Waals surface area contributed by atoms with Gasteiger partial charge in [0.05, 0.1) is 5.56 Å². The highest BCUT2D eigenvalue weighted by molar-refractivity contribution is 5.62. The predicted octanol–water partition coefficient (Wildman–Crippen LogP) is 5.58. The van der Waals surface area contributed by atoms with Crippen molar-refractivity contribution in [2.45, 2.75) is 19.0 Å². The Bertz CT molecular complexity index is 967. The average molecular weight is 399 g/mol. The smallest absolute Gasteiger partial charge is 0.372 e. The first-order valence-corrected chi connectivity index (χ1v) is 9.37. The van der Waals surface area contributed by atoms with Gasteiger partial charge in [0.15, 0.2) is 0 Å². The number of nitrogens with one attached hydrogen (secondary N) is 2. The largest absolute Gasteiger partial charge is 0.416 e. The highest BCUT2D eigenvalue weighted by Crippen LogP contribution is 2.31. The standard InChI is InChI=1S/C21H20F3N5/c22-21(23,24)15-4-3-5-17(14-15)27-20-25-11-10-19(28-20)26-16-6-8-18(9-7-16)29-12-1-2-13-29/h3-11,14H,1-2,12-13H2,(H2,25,26,27,28). The fourth-order valence-corrected chi connectivity index (χ4v) is 3.27. The van der Waals surface area contributed by atoms with Crippen molar-refractivity contribution in [2.24, 2.45) is 0 Å². The number of anilines is 5. The van der Waals surface area contributed by atoms with Crippen LogP contribution in [0.4, 0.5) is 42.0 Å². The van der Waals surface area contributed by atoms with Gasteiger partial charge in [-0.3, -0.25) is 0 Å². The Hall–Kier alpha value is -3.29. The summed E-state index contributed by atoms with van der Waals surface area (Å²) in [6.07, 6.45) is -0.405. The lowest BCUT2D eigenvalue weighted by Gasteiger charge is -2.18. The Kier molecular flexibility index (Phi) is 5.24. The van der Waals surface area contributed by atoms with Gasteiger partial charge < -0.3 is 15.5 Å². The van der Waals surface area contributed by atoms with Crippen LogP contribution in [0.25, 0.3) is 0 Å². The van der Waals surface area contributed by atoms with Gasteiger partial charge in [-0.2, -0.15) is 18.2 Å². The van der Waals surface area contributed by atoms with Crippen LogP contribution in [-0.2, 0) is 6.18 Å². The summed E-state index contributed by atoms with van der Waals surface area (Å²) in [7, 11) is 0. The number of halogens is 3. The summed E-state index contributed by atoms with van der Waals surface area (Å²) in [6.45, 7) is 2.17. The maximum atomic E-state index is 12.9. The molecule has 1 aliphatic rings. The van der Waals surface area contributed by atoms with E-state index >= 15 is 0 Å². The molecule has 4 rings (SSSR count). The van der Waals surface area contributed by atoms with Crippen LogP contribution in [0.15, 0.2) is 60.8 Å². The molecule has 1 aromatic heterocycles. The predicted molar refractivity (Wildman–Crippen MR) is 108 cm³/mol. The Morgan fingerprint density at radius 1 is 0.862 bits per heavy atom. The molecule has 3 aromatic rings. The number of rotatable bonds is 5. The van der Waals surface area contributed by atoms with Gasteiger partial charge in [0.1, 0.15) is 5.82 Å². The van der Waals surface area contributed by atoms with E-state index in [1.165, 1.54) is 30.7 Å². The highest BCUT2D eigenvalue weighted by atomic mass is 19.4. The van der Waals surface area contributed by atoms with Gasteiger partial charge in [-0.05, 0) is 61.4 Å². The van der Waals surface area contributed by atoms with Gasteiger partial charge >= 0.3 is 6.18 Å². The molecule has 2 N–H and O–H groups in total. The first-order chi connectivity index (χ1) is 14.0. The molecule has 2 aromatic carbocycles. The summed E-state index contributed by atoms with van der Waals surface area (Å²) in [5, 5.41) is 6.01. The van der Waals surface area contributed by atoms with Gasteiger partial charge in [-0.25, -0.2) is 4.98 Å². The second kappa shape index (κ2) is 7.98. The van der Waals surface area contributed by atoms with Crippen LogP contribution in [-0.4, -0.2) is 23.1 Å². The zero-order valence-corrected chi connectivity index (χ0v) is 15.6. The van der Waals surface area contributed by atoms with Crippen molar-refractivity contribution in [3.63, 3.8) is 0 Å². The van der Waals surface area contributed by atoms with Crippen molar-refractivity contribution in [1.29, 1.82) is 0 Å². The molecule has 0 aliphatic carbocycles. The second-order valence-corrected chi connectivity index (χ2v) is 6.84. The third-order valence-electron chi connectivity index (χ3n) is 4.71. The van der Waals surface area contributed by atoms with Gasteiger partial charge in [0.25, 0.3) is 0 Å². The molecule has 0 unspecified atom stereocenters. The van der Waals surface area contributed by atoms with Gasteiger partial charge in [-0.1, -0.05) is 6.07 Å². The summed E-state index contributed by atoms with van der Waals surface area (Å²) in [4.78, 5) is 10.8. The fraction of sp³-hybridized carbons (Fsp3) is 0.238. The van der Waals surface area contributed by atoms with Crippen molar-refractivity contribution < 1.29 is 13.2 Å². The molecule has 1 aliphatic heterocycles. The molecule has 0 atom stereocenters. The van der Waals surface area contributed by atoms with E-state index in [1.54, 1.807) is 12.3 Å². The third kappa shape index (κ3) is 4.77. The topological polar surface area (TPSA) is 53.1 Å². The summed E-state index contributed by atoms with van der Waals surface area (Å²) in [5.41, 5.74) is 1.61. The highest BCUT2D eigenvalue weighted by Gasteiger charge is 2.30. The molecule has 2 heterocycles. The van der Waals surface area contributed by atoms with Crippen LogP contribution in [0, 0.1) is 0 Å². The van der Waals surface area contributed by atoms with E-state index in [2.05, 4.69) is 37.6 Å². The minimum absolute atomic E-state index is 0.211. The average Bonchev–Trinajstić information content (AvgIpc) is 3.23. The first kappa shape index (κ1) is 19.0. The number of aromatic nitrogens is 2. The molecule has 0 spiro atoms. The van der Waals surface area contributed by atoms with E-state index in [0.717, 1.165) is 30.9 Å². The number of benzene rings is 2. The normalized spacial score (nSPS) is 14.1. The van der Waals surface area contributed by atoms with Crippen molar-refractivity contribution in [2.75, 3.05) is 28.6 Å². The SMILES string of the molecule is FC(F)(F)c1cccc(Nc2nccc(Nc3ccc(N4CCCC4)cc3)n2)c1. The number of alkyl halides is 3. The number of nitrogens with zero attached hydrogens (tertiary/aromatic N) is 3. The lowest BCUT2D eigenvalue weighted by atomic mass is 10.2. The van der Waals surface area contributed by atoms with E-state index in [1.807, 2.05) is 12.1 Å². The Morgan fingerprint density at radius 2 is 1.62 bits per heavy atom.